The van der Waals surface area contributed by atoms with Gasteiger partial charge in [0.15, 0.2) is 0 Å². The number of nitrogens with two attached hydrogens (primary N) is 1. The van der Waals surface area contributed by atoms with Gasteiger partial charge in [0.05, 0.1) is 11.4 Å². The van der Waals surface area contributed by atoms with Crippen molar-refractivity contribution < 1.29 is 8.42 Å². The fourth-order valence-electron chi connectivity index (χ4n) is 2.70. The summed E-state index contributed by atoms with van der Waals surface area (Å²) in [6.45, 7) is 2.47. The van der Waals surface area contributed by atoms with Crippen molar-refractivity contribution in [2.75, 3.05) is 6.54 Å². The van der Waals surface area contributed by atoms with Gasteiger partial charge in [0, 0.05) is 11.6 Å². The van der Waals surface area contributed by atoms with Crippen LogP contribution in [0.4, 0.5) is 0 Å². The van der Waals surface area contributed by atoms with Crippen LogP contribution in [0.3, 0.4) is 0 Å². The molecular weight excluding hydrogens is 284 g/mol. The standard InChI is InChI=1S/C16H22N2O2S/c1-13-4-2-6-15(12-13)18-21(19,20)16-9-7-14(8-10-16)5-3-11-17/h7-10,13,15,18H,2,4,6,11-12,17H2,1H3. The maximum Gasteiger partial charge on any atom is 0.240 e. The van der Waals surface area contributed by atoms with Crippen LogP contribution >= 0.6 is 0 Å². The zero-order chi connectivity index (χ0) is 15.3. The summed E-state index contributed by atoms with van der Waals surface area (Å²) in [5.74, 6) is 6.21. The lowest BCUT2D eigenvalue weighted by Gasteiger charge is -2.27. The van der Waals surface area contributed by atoms with Crippen LogP contribution in [0.15, 0.2) is 29.2 Å². The van der Waals surface area contributed by atoms with Gasteiger partial charge in [-0.3, -0.25) is 0 Å². The molecule has 0 aromatic heterocycles. The van der Waals surface area contributed by atoms with Gasteiger partial charge in [-0.2, -0.15) is 0 Å². The van der Waals surface area contributed by atoms with Crippen molar-refractivity contribution >= 4 is 10.0 Å². The van der Waals surface area contributed by atoms with Crippen molar-refractivity contribution in [2.45, 2.75) is 43.5 Å². The van der Waals surface area contributed by atoms with E-state index in [1.807, 2.05) is 0 Å². The second kappa shape index (κ2) is 7.08. The Morgan fingerprint density at radius 1 is 1.29 bits per heavy atom. The van der Waals surface area contributed by atoms with Crippen molar-refractivity contribution in [3.05, 3.63) is 29.8 Å². The first-order valence-corrected chi connectivity index (χ1v) is 8.81. The molecule has 0 bridgehead atoms. The second-order valence-corrected chi connectivity index (χ2v) is 7.33. The van der Waals surface area contributed by atoms with Crippen molar-refractivity contribution in [3.8, 4) is 11.8 Å². The molecule has 0 spiro atoms. The molecule has 4 nitrogen and oxygen atoms in total. The minimum atomic E-state index is -3.44. The Morgan fingerprint density at radius 2 is 2.00 bits per heavy atom. The summed E-state index contributed by atoms with van der Waals surface area (Å²) in [6.07, 6.45) is 4.11. The fourth-order valence-corrected chi connectivity index (χ4v) is 3.98. The zero-order valence-electron chi connectivity index (χ0n) is 12.3. The SMILES string of the molecule is CC1CCCC(NS(=O)(=O)c2ccc(C#CCN)cc2)C1. The van der Waals surface area contributed by atoms with Gasteiger partial charge in [-0.15, -0.1) is 0 Å². The molecule has 1 saturated carbocycles. The van der Waals surface area contributed by atoms with Crippen molar-refractivity contribution in [1.82, 2.24) is 4.72 Å². The predicted octanol–water partition coefficient (Wildman–Crippen LogP) is 1.85. The molecule has 0 radical (unpaired) electrons. The molecule has 114 valence electrons. The molecule has 2 rings (SSSR count). The van der Waals surface area contributed by atoms with Gasteiger partial charge in [-0.25, -0.2) is 13.1 Å². The summed E-state index contributed by atoms with van der Waals surface area (Å²) in [5, 5.41) is 0. The third-order valence-corrected chi connectivity index (χ3v) is 5.29. The highest BCUT2D eigenvalue weighted by molar-refractivity contribution is 7.89. The van der Waals surface area contributed by atoms with Crippen LogP contribution in [0.1, 0.15) is 38.2 Å². The monoisotopic (exact) mass is 306 g/mol. The van der Waals surface area contributed by atoms with Crippen LogP contribution in [0, 0.1) is 17.8 Å². The molecule has 1 fully saturated rings. The molecular formula is C16H22N2O2S. The lowest BCUT2D eigenvalue weighted by molar-refractivity contribution is 0.327. The van der Waals surface area contributed by atoms with Gasteiger partial charge in [0.25, 0.3) is 0 Å². The van der Waals surface area contributed by atoms with Crippen LogP contribution in [0.25, 0.3) is 0 Å². The topological polar surface area (TPSA) is 72.2 Å². The van der Waals surface area contributed by atoms with E-state index >= 15 is 0 Å². The molecule has 5 heteroatoms. The number of sulfonamides is 1. The zero-order valence-corrected chi connectivity index (χ0v) is 13.1. The highest BCUT2D eigenvalue weighted by atomic mass is 32.2. The van der Waals surface area contributed by atoms with Gasteiger partial charge in [0.1, 0.15) is 0 Å². The number of benzene rings is 1. The first-order chi connectivity index (χ1) is 10.0. The summed E-state index contributed by atoms with van der Waals surface area (Å²) >= 11 is 0. The van der Waals surface area contributed by atoms with Crippen LogP contribution < -0.4 is 10.5 Å². The van der Waals surface area contributed by atoms with Crippen molar-refractivity contribution in [1.29, 1.82) is 0 Å². The maximum atomic E-state index is 12.4. The van der Waals surface area contributed by atoms with Gasteiger partial charge >= 0.3 is 0 Å². The average Bonchev–Trinajstić information content (AvgIpc) is 2.45. The van der Waals surface area contributed by atoms with Gasteiger partial charge in [-0.05, 0) is 43.0 Å². The Balaban J connectivity index is 2.08. The largest absolute Gasteiger partial charge is 0.320 e. The number of hydrogen-bond donors (Lipinski definition) is 2. The predicted molar refractivity (Wildman–Crippen MR) is 84.1 cm³/mol. The molecule has 0 aliphatic heterocycles. The second-order valence-electron chi connectivity index (χ2n) is 5.62. The lowest BCUT2D eigenvalue weighted by atomic mass is 9.88. The molecule has 1 aromatic rings. The maximum absolute atomic E-state index is 12.4. The highest BCUT2D eigenvalue weighted by Crippen LogP contribution is 2.24. The van der Waals surface area contributed by atoms with E-state index in [0.29, 0.717) is 17.4 Å². The normalized spacial score (nSPS) is 22.4. The van der Waals surface area contributed by atoms with E-state index < -0.39 is 10.0 Å². The Labute approximate surface area is 127 Å². The minimum absolute atomic E-state index is 0.0514. The number of rotatable bonds is 3. The molecule has 1 aromatic carbocycles. The van der Waals surface area contributed by atoms with E-state index in [2.05, 4.69) is 23.5 Å². The van der Waals surface area contributed by atoms with E-state index in [1.165, 1.54) is 6.42 Å². The van der Waals surface area contributed by atoms with Crippen LogP contribution in [0.2, 0.25) is 0 Å². The molecule has 2 unspecified atom stereocenters. The Kier molecular flexibility index (Phi) is 5.40. The van der Waals surface area contributed by atoms with E-state index in [9.17, 15) is 8.42 Å². The highest BCUT2D eigenvalue weighted by Gasteiger charge is 2.24. The summed E-state index contributed by atoms with van der Waals surface area (Å²) in [5.41, 5.74) is 6.08. The van der Waals surface area contributed by atoms with Gasteiger partial charge in [0.2, 0.25) is 10.0 Å². The summed E-state index contributed by atoms with van der Waals surface area (Å²) in [6, 6.07) is 6.65. The third-order valence-electron chi connectivity index (χ3n) is 3.76. The molecule has 3 N–H and O–H groups in total. The van der Waals surface area contributed by atoms with Crippen LogP contribution in [-0.4, -0.2) is 21.0 Å². The van der Waals surface area contributed by atoms with Crippen LogP contribution in [0.5, 0.6) is 0 Å². The summed E-state index contributed by atoms with van der Waals surface area (Å²) in [7, 11) is -3.44. The molecule has 1 aliphatic carbocycles. The fraction of sp³-hybridized carbons (Fsp3) is 0.500. The summed E-state index contributed by atoms with van der Waals surface area (Å²) < 4.78 is 27.6. The van der Waals surface area contributed by atoms with Gasteiger partial charge in [-0.1, -0.05) is 31.6 Å². The Hall–Kier alpha value is -1.35. The van der Waals surface area contributed by atoms with Crippen LogP contribution in [-0.2, 0) is 10.0 Å². The molecule has 0 saturated heterocycles. The number of hydrogen-bond acceptors (Lipinski definition) is 3. The van der Waals surface area contributed by atoms with Crippen molar-refractivity contribution in [3.63, 3.8) is 0 Å². The van der Waals surface area contributed by atoms with E-state index in [4.69, 9.17) is 5.73 Å². The third kappa shape index (κ3) is 4.57. The average molecular weight is 306 g/mol. The molecule has 2 atom stereocenters. The van der Waals surface area contributed by atoms with E-state index in [-0.39, 0.29) is 6.04 Å². The lowest BCUT2D eigenvalue weighted by Crippen LogP contribution is -2.37. The first-order valence-electron chi connectivity index (χ1n) is 7.32. The molecule has 0 heterocycles. The quantitative estimate of drug-likeness (QED) is 0.837. The molecule has 1 aliphatic rings. The van der Waals surface area contributed by atoms with E-state index in [1.54, 1.807) is 24.3 Å². The van der Waals surface area contributed by atoms with Crippen molar-refractivity contribution in [2.24, 2.45) is 11.7 Å². The molecule has 21 heavy (non-hydrogen) atoms. The van der Waals surface area contributed by atoms with E-state index in [0.717, 1.165) is 24.8 Å². The smallest absolute Gasteiger partial charge is 0.240 e. The first kappa shape index (κ1) is 16.0. The number of nitrogens with one attached hydrogen (secondary N) is 1. The Morgan fingerprint density at radius 3 is 2.62 bits per heavy atom. The summed E-state index contributed by atoms with van der Waals surface area (Å²) in [4.78, 5) is 0.291. The minimum Gasteiger partial charge on any atom is -0.320 e. The molecule has 0 amide bonds. The Bertz CT molecular complexity index is 626. The van der Waals surface area contributed by atoms with Gasteiger partial charge < -0.3 is 5.73 Å².